The van der Waals surface area contributed by atoms with Crippen molar-refractivity contribution in [1.29, 1.82) is 0 Å². The molecule has 0 rings (SSSR count). The number of allylic oxidation sites excluding steroid dienone is 12. The lowest BCUT2D eigenvalue weighted by Crippen LogP contribution is -2.28. The van der Waals surface area contributed by atoms with Gasteiger partial charge in [0.15, 0.2) is 6.10 Å². The molecule has 5 heteroatoms. The predicted molar refractivity (Wildman–Crippen MR) is 302 cm³/mol. The summed E-state index contributed by atoms with van der Waals surface area (Å²) in [7, 11) is 0. The van der Waals surface area contributed by atoms with Crippen molar-refractivity contribution in [2.75, 3.05) is 13.2 Å². The lowest BCUT2D eigenvalue weighted by Gasteiger charge is -2.15. The van der Waals surface area contributed by atoms with Gasteiger partial charge in [-0.25, -0.2) is 0 Å². The first kappa shape index (κ1) is 66.3. The summed E-state index contributed by atoms with van der Waals surface area (Å²) in [6, 6.07) is 0. The molecule has 0 radical (unpaired) electrons. The highest BCUT2D eigenvalue weighted by Gasteiger charge is 2.16. The Morgan fingerprint density at radius 1 is 0.348 bits per heavy atom. The van der Waals surface area contributed by atoms with Crippen molar-refractivity contribution in [1.82, 2.24) is 0 Å². The van der Waals surface area contributed by atoms with E-state index in [4.69, 9.17) is 9.47 Å². The lowest BCUT2D eigenvalue weighted by atomic mass is 10.0. The minimum absolute atomic E-state index is 0.0664. The minimum Gasteiger partial charge on any atom is -0.462 e. The molecule has 0 aliphatic rings. The fraction of sp³-hybridized carbons (Fsp3) is 0.781. The second-order valence-electron chi connectivity index (χ2n) is 20.1. The summed E-state index contributed by atoms with van der Waals surface area (Å²) in [6.45, 7) is 4.06. The Morgan fingerprint density at radius 2 is 0.623 bits per heavy atom. The van der Waals surface area contributed by atoms with Gasteiger partial charge in [-0.1, -0.05) is 299 Å². The van der Waals surface area contributed by atoms with Crippen molar-refractivity contribution in [3.63, 3.8) is 0 Å². The number of esters is 2. The zero-order valence-electron chi connectivity index (χ0n) is 45.8. The van der Waals surface area contributed by atoms with Gasteiger partial charge in [0.2, 0.25) is 0 Å². The number of aliphatic hydroxyl groups is 1. The number of carbonyl (C=O) groups is 2. The smallest absolute Gasteiger partial charge is 0.306 e. The van der Waals surface area contributed by atoms with Gasteiger partial charge in [-0.05, 0) is 64.2 Å². The molecule has 1 atom stereocenters. The Balaban J connectivity index is 3.48. The first-order chi connectivity index (χ1) is 34.1. The highest BCUT2D eigenvalue weighted by molar-refractivity contribution is 5.70. The monoisotopic (exact) mass is 963 g/mol. The number of hydrogen-bond acceptors (Lipinski definition) is 5. The highest BCUT2D eigenvalue weighted by atomic mass is 16.6. The molecule has 0 heterocycles. The third kappa shape index (κ3) is 57.8. The van der Waals surface area contributed by atoms with Crippen molar-refractivity contribution >= 4 is 11.9 Å². The number of carbonyl (C=O) groups excluding carboxylic acids is 2. The van der Waals surface area contributed by atoms with Gasteiger partial charge in [-0.3, -0.25) is 9.59 Å². The standard InChI is InChI=1S/C64H114O5/c1-3-5-7-9-11-13-15-17-19-21-23-25-27-29-31-32-33-35-37-39-41-43-45-47-49-51-53-55-57-59-64(67)69-62(60-65)61-68-63(66)58-56-54-52-50-48-46-44-42-40-38-36-34-30-28-26-24-22-20-18-16-14-12-10-8-6-4-2/h5,7,11,13,17,19,23,25,29,31,33,35,62,65H,3-4,6,8-10,12,14-16,18,20-22,24,26-28,30,32,34,36-61H2,1-2H3/b7-5-,13-11-,19-17-,25-23-,31-29-,35-33-. The Kier molecular flexibility index (Phi) is 57.3. The third-order valence-corrected chi connectivity index (χ3v) is 13.3. The maximum atomic E-state index is 12.3. The molecule has 0 aromatic rings. The van der Waals surface area contributed by atoms with Crippen LogP contribution in [0.25, 0.3) is 0 Å². The van der Waals surface area contributed by atoms with E-state index < -0.39 is 6.10 Å². The van der Waals surface area contributed by atoms with Crippen molar-refractivity contribution < 1.29 is 24.2 Å². The van der Waals surface area contributed by atoms with Crippen LogP contribution in [0, 0.1) is 0 Å². The van der Waals surface area contributed by atoms with E-state index in [1.165, 1.54) is 199 Å². The molecule has 0 fully saturated rings. The average molecular weight is 964 g/mol. The van der Waals surface area contributed by atoms with Crippen molar-refractivity contribution in [3.8, 4) is 0 Å². The number of rotatable bonds is 55. The highest BCUT2D eigenvalue weighted by Crippen LogP contribution is 2.17. The van der Waals surface area contributed by atoms with Crippen molar-refractivity contribution in [3.05, 3.63) is 72.9 Å². The molecule has 5 nitrogen and oxygen atoms in total. The summed E-state index contributed by atoms with van der Waals surface area (Å²) in [5, 5.41) is 9.67. The molecule has 0 bridgehead atoms. The molecule has 0 amide bonds. The Bertz CT molecular complexity index is 1230. The van der Waals surface area contributed by atoms with Crippen LogP contribution in [0.4, 0.5) is 0 Å². The first-order valence-electron chi connectivity index (χ1n) is 30.0. The van der Waals surface area contributed by atoms with E-state index in [0.717, 1.165) is 77.0 Å². The third-order valence-electron chi connectivity index (χ3n) is 13.3. The predicted octanol–water partition coefficient (Wildman–Crippen LogP) is 20.4. The van der Waals surface area contributed by atoms with Crippen LogP contribution in [0.15, 0.2) is 72.9 Å². The topological polar surface area (TPSA) is 72.8 Å². The van der Waals surface area contributed by atoms with Gasteiger partial charge >= 0.3 is 11.9 Å². The molecule has 0 saturated heterocycles. The van der Waals surface area contributed by atoms with Gasteiger partial charge in [-0.15, -0.1) is 0 Å². The maximum Gasteiger partial charge on any atom is 0.306 e. The average Bonchev–Trinajstić information content (AvgIpc) is 3.35. The Labute approximate surface area is 429 Å². The van der Waals surface area contributed by atoms with E-state index in [-0.39, 0.29) is 25.2 Å². The van der Waals surface area contributed by atoms with Crippen LogP contribution >= 0.6 is 0 Å². The number of ether oxygens (including phenoxy) is 2. The molecule has 0 aromatic carbocycles. The lowest BCUT2D eigenvalue weighted by molar-refractivity contribution is -0.161. The largest absolute Gasteiger partial charge is 0.462 e. The van der Waals surface area contributed by atoms with E-state index in [9.17, 15) is 14.7 Å². The molecular formula is C64H114O5. The molecule has 69 heavy (non-hydrogen) atoms. The van der Waals surface area contributed by atoms with E-state index in [1.807, 2.05) is 0 Å². The summed E-state index contributed by atoms with van der Waals surface area (Å²) in [5.41, 5.74) is 0. The van der Waals surface area contributed by atoms with Gasteiger partial charge in [-0.2, -0.15) is 0 Å². The zero-order chi connectivity index (χ0) is 49.9. The van der Waals surface area contributed by atoms with Crippen LogP contribution in [-0.4, -0.2) is 36.4 Å². The van der Waals surface area contributed by atoms with Crippen LogP contribution < -0.4 is 0 Å². The van der Waals surface area contributed by atoms with Crippen molar-refractivity contribution in [2.24, 2.45) is 0 Å². The number of aliphatic hydroxyl groups excluding tert-OH is 1. The van der Waals surface area contributed by atoms with Crippen LogP contribution in [0.3, 0.4) is 0 Å². The maximum absolute atomic E-state index is 12.3. The molecule has 1 N–H and O–H groups in total. The van der Waals surface area contributed by atoms with Gasteiger partial charge in [0.25, 0.3) is 0 Å². The fourth-order valence-corrected chi connectivity index (χ4v) is 8.80. The normalized spacial score (nSPS) is 12.7. The van der Waals surface area contributed by atoms with Gasteiger partial charge < -0.3 is 14.6 Å². The van der Waals surface area contributed by atoms with Crippen molar-refractivity contribution in [2.45, 2.75) is 309 Å². The zero-order valence-corrected chi connectivity index (χ0v) is 45.8. The minimum atomic E-state index is -0.777. The van der Waals surface area contributed by atoms with Crippen LogP contribution in [-0.2, 0) is 19.1 Å². The number of hydrogen-bond donors (Lipinski definition) is 1. The summed E-state index contributed by atoms with van der Waals surface area (Å²) in [4.78, 5) is 24.6. The summed E-state index contributed by atoms with van der Waals surface area (Å²) in [5.74, 6) is -0.584. The SMILES string of the molecule is CC/C=C\C/C=C\C/C=C\C/C=C\C/C=C\C/C=C\CCCCCCCCCCCCC(=O)OC(CO)COC(=O)CCCCCCCCCCCCCCCCCCCCCCCCCCCC. The van der Waals surface area contributed by atoms with E-state index in [1.54, 1.807) is 0 Å². The van der Waals surface area contributed by atoms with Crippen LogP contribution in [0.5, 0.6) is 0 Å². The molecule has 0 aliphatic carbocycles. The summed E-state index contributed by atoms with van der Waals surface area (Å²) >= 11 is 0. The fourth-order valence-electron chi connectivity index (χ4n) is 8.80. The number of unbranched alkanes of at least 4 members (excludes halogenated alkanes) is 35. The van der Waals surface area contributed by atoms with E-state index >= 15 is 0 Å². The molecule has 0 saturated carbocycles. The summed E-state index contributed by atoms with van der Waals surface area (Å²) < 4.78 is 10.7. The quantitative estimate of drug-likeness (QED) is 0.0374. The van der Waals surface area contributed by atoms with Crippen LogP contribution in [0.1, 0.15) is 303 Å². The van der Waals surface area contributed by atoms with Gasteiger partial charge in [0, 0.05) is 12.8 Å². The Hall–Kier alpha value is -2.66. The molecule has 1 unspecified atom stereocenters. The first-order valence-corrected chi connectivity index (χ1v) is 30.0. The van der Waals surface area contributed by atoms with Gasteiger partial charge in [0.1, 0.15) is 6.61 Å². The van der Waals surface area contributed by atoms with E-state index in [2.05, 4.69) is 86.8 Å². The molecule has 0 spiro atoms. The molecule has 400 valence electrons. The van der Waals surface area contributed by atoms with E-state index in [0.29, 0.717) is 12.8 Å². The molecular weight excluding hydrogens is 849 g/mol. The Morgan fingerprint density at radius 3 is 0.942 bits per heavy atom. The second kappa shape index (κ2) is 59.6. The second-order valence-corrected chi connectivity index (χ2v) is 20.1. The summed E-state index contributed by atoms with van der Waals surface area (Å²) in [6.07, 6.45) is 81.7. The van der Waals surface area contributed by atoms with Gasteiger partial charge in [0.05, 0.1) is 6.61 Å². The van der Waals surface area contributed by atoms with Crippen LogP contribution in [0.2, 0.25) is 0 Å². The molecule has 0 aromatic heterocycles. The molecule has 0 aliphatic heterocycles.